The SMILES string of the molecule is O=C(CNC(c1ccccc1)c1cccc(Cl)c1)N1CCC2(CC1)OCc1ccccc12. The topological polar surface area (TPSA) is 41.6 Å². The Morgan fingerprint density at radius 1 is 0.969 bits per heavy atom. The van der Waals surface area contributed by atoms with Crippen molar-refractivity contribution in [1.82, 2.24) is 10.2 Å². The fourth-order valence-corrected chi connectivity index (χ4v) is 5.17. The van der Waals surface area contributed by atoms with Crippen LogP contribution in [0.3, 0.4) is 0 Å². The molecule has 5 heteroatoms. The Balaban J connectivity index is 1.25. The largest absolute Gasteiger partial charge is 0.365 e. The third-order valence-corrected chi connectivity index (χ3v) is 6.94. The van der Waals surface area contributed by atoms with Crippen LogP contribution in [0.25, 0.3) is 0 Å². The van der Waals surface area contributed by atoms with E-state index in [1.807, 2.05) is 47.4 Å². The van der Waals surface area contributed by atoms with Crippen LogP contribution < -0.4 is 5.32 Å². The number of carbonyl (C=O) groups excluding carboxylic acids is 1. The quantitative estimate of drug-likeness (QED) is 0.595. The second-order valence-corrected chi connectivity index (χ2v) is 9.04. The number of carbonyl (C=O) groups is 1. The second-order valence-electron chi connectivity index (χ2n) is 8.60. The zero-order valence-corrected chi connectivity index (χ0v) is 18.7. The normalized spacial score (nSPS) is 17.8. The number of amides is 1. The van der Waals surface area contributed by atoms with Crippen LogP contribution in [-0.4, -0.2) is 30.4 Å². The Kier molecular flexibility index (Phi) is 6.01. The Bertz CT molecular complexity index is 1090. The van der Waals surface area contributed by atoms with Gasteiger partial charge in [0.25, 0.3) is 0 Å². The van der Waals surface area contributed by atoms with Crippen molar-refractivity contribution in [2.24, 2.45) is 0 Å². The number of benzene rings is 3. The monoisotopic (exact) mass is 446 g/mol. The predicted octanol–water partition coefficient (Wildman–Crippen LogP) is 5.07. The molecule has 1 amide bonds. The molecule has 1 N–H and O–H groups in total. The highest BCUT2D eigenvalue weighted by Gasteiger charge is 2.43. The van der Waals surface area contributed by atoms with Gasteiger partial charge in [-0.2, -0.15) is 0 Å². The second kappa shape index (κ2) is 9.07. The first-order chi connectivity index (χ1) is 15.6. The first-order valence-electron chi connectivity index (χ1n) is 11.2. The number of piperidine rings is 1. The number of ether oxygens (including phenoxy) is 1. The smallest absolute Gasteiger partial charge is 0.236 e. The molecule has 1 spiro atoms. The lowest BCUT2D eigenvalue weighted by Gasteiger charge is -2.39. The van der Waals surface area contributed by atoms with Crippen molar-refractivity contribution in [3.8, 4) is 0 Å². The number of halogens is 1. The van der Waals surface area contributed by atoms with Crippen LogP contribution in [-0.2, 0) is 21.7 Å². The van der Waals surface area contributed by atoms with Gasteiger partial charge in [0, 0.05) is 18.1 Å². The van der Waals surface area contributed by atoms with Crippen LogP contribution in [0.1, 0.15) is 41.1 Å². The highest BCUT2D eigenvalue weighted by atomic mass is 35.5. The fourth-order valence-electron chi connectivity index (χ4n) is 4.98. The van der Waals surface area contributed by atoms with E-state index in [1.54, 1.807) is 0 Å². The molecule has 0 aliphatic carbocycles. The van der Waals surface area contributed by atoms with E-state index in [0.717, 1.165) is 24.0 Å². The molecule has 3 aromatic rings. The molecule has 1 saturated heterocycles. The van der Waals surface area contributed by atoms with Gasteiger partial charge in [0.1, 0.15) is 0 Å². The number of hydrogen-bond acceptors (Lipinski definition) is 3. The fraction of sp³-hybridized carbons (Fsp3) is 0.296. The van der Waals surface area contributed by atoms with Crippen molar-refractivity contribution in [1.29, 1.82) is 0 Å². The van der Waals surface area contributed by atoms with E-state index in [9.17, 15) is 4.79 Å². The van der Waals surface area contributed by atoms with Crippen LogP contribution in [0.15, 0.2) is 78.9 Å². The Hall–Kier alpha value is -2.66. The number of likely N-dealkylation sites (tertiary alicyclic amines) is 1. The Morgan fingerprint density at radius 2 is 1.69 bits per heavy atom. The summed E-state index contributed by atoms with van der Waals surface area (Å²) in [6, 6.07) is 26.3. The van der Waals surface area contributed by atoms with Gasteiger partial charge in [-0.05, 0) is 47.2 Å². The van der Waals surface area contributed by atoms with Crippen LogP contribution in [0.5, 0.6) is 0 Å². The maximum absolute atomic E-state index is 13.1. The summed E-state index contributed by atoms with van der Waals surface area (Å²) in [6.07, 6.45) is 1.68. The molecule has 0 radical (unpaired) electrons. The maximum Gasteiger partial charge on any atom is 0.236 e. The van der Waals surface area contributed by atoms with Crippen molar-refractivity contribution in [2.75, 3.05) is 19.6 Å². The standard InChI is InChI=1S/C27H27ClN2O2/c28-23-11-6-10-21(17-23)26(20-7-2-1-3-8-20)29-18-25(31)30-15-13-27(14-16-30)24-12-5-4-9-22(24)19-32-27/h1-12,17,26,29H,13-16,18-19H2. The third kappa shape index (κ3) is 4.18. The summed E-state index contributed by atoms with van der Waals surface area (Å²) in [5, 5.41) is 4.16. The van der Waals surface area contributed by atoms with Gasteiger partial charge in [-0.15, -0.1) is 0 Å². The van der Waals surface area contributed by atoms with Crippen molar-refractivity contribution in [2.45, 2.75) is 31.1 Å². The van der Waals surface area contributed by atoms with Crippen LogP contribution in [0.4, 0.5) is 0 Å². The van der Waals surface area contributed by atoms with E-state index in [2.05, 4.69) is 41.7 Å². The maximum atomic E-state index is 13.1. The van der Waals surface area contributed by atoms with Gasteiger partial charge >= 0.3 is 0 Å². The summed E-state index contributed by atoms with van der Waals surface area (Å²) in [4.78, 5) is 15.0. The Labute approximate surface area is 194 Å². The molecule has 1 fully saturated rings. The van der Waals surface area contributed by atoms with Crippen molar-refractivity contribution in [3.63, 3.8) is 0 Å². The van der Waals surface area contributed by atoms with Gasteiger partial charge in [0.15, 0.2) is 0 Å². The van der Waals surface area contributed by atoms with E-state index in [-0.39, 0.29) is 24.1 Å². The number of fused-ring (bicyclic) bond motifs is 2. The molecule has 0 saturated carbocycles. The van der Waals surface area contributed by atoms with Crippen molar-refractivity contribution >= 4 is 17.5 Å². The summed E-state index contributed by atoms with van der Waals surface area (Å²) in [5.41, 5.74) is 4.51. The van der Waals surface area contributed by atoms with E-state index in [0.29, 0.717) is 24.7 Å². The lowest BCUT2D eigenvalue weighted by atomic mass is 9.84. The summed E-state index contributed by atoms with van der Waals surface area (Å²) >= 11 is 6.24. The van der Waals surface area contributed by atoms with Gasteiger partial charge in [-0.1, -0.05) is 78.3 Å². The number of nitrogens with zero attached hydrogens (tertiary/aromatic N) is 1. The average Bonchev–Trinajstić information content (AvgIpc) is 3.18. The summed E-state index contributed by atoms with van der Waals surface area (Å²) in [5.74, 6) is 0.120. The van der Waals surface area contributed by atoms with Crippen molar-refractivity contribution < 1.29 is 9.53 Å². The van der Waals surface area contributed by atoms with Gasteiger partial charge in [-0.25, -0.2) is 0 Å². The number of rotatable bonds is 5. The Morgan fingerprint density at radius 3 is 2.47 bits per heavy atom. The van der Waals surface area contributed by atoms with Crippen LogP contribution in [0.2, 0.25) is 5.02 Å². The highest BCUT2D eigenvalue weighted by molar-refractivity contribution is 6.30. The van der Waals surface area contributed by atoms with Gasteiger partial charge in [0.05, 0.1) is 24.8 Å². The van der Waals surface area contributed by atoms with Gasteiger partial charge in [-0.3, -0.25) is 10.1 Å². The van der Waals surface area contributed by atoms with E-state index in [1.165, 1.54) is 11.1 Å². The van der Waals surface area contributed by atoms with Gasteiger partial charge in [0.2, 0.25) is 5.91 Å². The molecule has 2 heterocycles. The molecule has 5 rings (SSSR count). The predicted molar refractivity (Wildman–Crippen MR) is 126 cm³/mol. The third-order valence-electron chi connectivity index (χ3n) is 6.71. The van der Waals surface area contributed by atoms with Gasteiger partial charge < -0.3 is 9.64 Å². The molecule has 0 bridgehead atoms. The first-order valence-corrected chi connectivity index (χ1v) is 11.6. The number of hydrogen-bond donors (Lipinski definition) is 1. The lowest BCUT2D eigenvalue weighted by molar-refractivity contribution is -0.137. The highest BCUT2D eigenvalue weighted by Crippen LogP contribution is 2.43. The van der Waals surface area contributed by atoms with E-state index < -0.39 is 0 Å². The zero-order valence-electron chi connectivity index (χ0n) is 18.0. The molecule has 164 valence electrons. The average molecular weight is 447 g/mol. The van der Waals surface area contributed by atoms with E-state index >= 15 is 0 Å². The molecule has 4 nitrogen and oxygen atoms in total. The summed E-state index contributed by atoms with van der Waals surface area (Å²) in [7, 11) is 0. The molecule has 2 aliphatic rings. The zero-order chi connectivity index (χ0) is 22.0. The number of nitrogens with one attached hydrogen (secondary N) is 1. The van der Waals surface area contributed by atoms with Crippen LogP contribution in [0, 0.1) is 0 Å². The molecular formula is C27H27ClN2O2. The van der Waals surface area contributed by atoms with E-state index in [4.69, 9.17) is 16.3 Å². The summed E-state index contributed by atoms with van der Waals surface area (Å²) in [6.45, 7) is 2.37. The first kappa shape index (κ1) is 21.2. The van der Waals surface area contributed by atoms with Crippen LogP contribution >= 0.6 is 11.6 Å². The lowest BCUT2D eigenvalue weighted by Crippen LogP contribution is -2.48. The van der Waals surface area contributed by atoms with Crippen molar-refractivity contribution in [3.05, 3.63) is 106 Å². The molecule has 1 atom stereocenters. The minimum Gasteiger partial charge on any atom is -0.365 e. The molecule has 2 aliphatic heterocycles. The molecule has 32 heavy (non-hydrogen) atoms. The molecule has 1 unspecified atom stereocenters. The summed E-state index contributed by atoms with van der Waals surface area (Å²) < 4.78 is 6.24. The molecule has 3 aromatic carbocycles. The molecular weight excluding hydrogens is 420 g/mol. The molecule has 0 aromatic heterocycles. The minimum atomic E-state index is -0.228. The minimum absolute atomic E-state index is 0.0972.